The van der Waals surface area contributed by atoms with Crippen LogP contribution in [0.25, 0.3) is 0 Å². The predicted molar refractivity (Wildman–Crippen MR) is 93.3 cm³/mol. The van der Waals surface area contributed by atoms with E-state index >= 15 is 0 Å². The first-order chi connectivity index (χ1) is 10.8. The smallest absolute Gasteiger partial charge is 0.137 e. The number of ether oxygens (including phenoxy) is 1. The van der Waals surface area contributed by atoms with E-state index in [9.17, 15) is 0 Å². The summed E-state index contributed by atoms with van der Waals surface area (Å²) in [4.78, 5) is 4.54. The Labute approximate surface area is 136 Å². The molecule has 2 rings (SSSR count). The van der Waals surface area contributed by atoms with Crippen LogP contribution in [0.1, 0.15) is 77.3 Å². The standard InChI is InChI=1S/C20H33NO/c1-3-5-6-7-8-19-13-14-20(15-21-19)22-16-18-11-9-17(4-2)10-12-18/h13-15,17-18H,3-12,16H2,1-2H3. The summed E-state index contributed by atoms with van der Waals surface area (Å²) in [5.74, 6) is 2.65. The van der Waals surface area contributed by atoms with Crippen molar-refractivity contribution >= 4 is 0 Å². The lowest BCUT2D eigenvalue weighted by Gasteiger charge is -2.27. The Morgan fingerprint density at radius 2 is 1.77 bits per heavy atom. The van der Waals surface area contributed by atoms with Gasteiger partial charge in [-0.15, -0.1) is 0 Å². The van der Waals surface area contributed by atoms with Crippen LogP contribution in [-0.4, -0.2) is 11.6 Å². The zero-order valence-corrected chi connectivity index (χ0v) is 14.5. The number of pyridine rings is 1. The molecule has 0 radical (unpaired) electrons. The molecule has 0 spiro atoms. The summed E-state index contributed by atoms with van der Waals surface area (Å²) in [7, 11) is 0. The molecule has 1 saturated carbocycles. The number of unbranched alkanes of at least 4 members (excludes halogenated alkanes) is 3. The summed E-state index contributed by atoms with van der Waals surface area (Å²) in [5.41, 5.74) is 1.20. The highest BCUT2D eigenvalue weighted by Gasteiger charge is 2.20. The maximum Gasteiger partial charge on any atom is 0.137 e. The molecule has 1 aromatic rings. The quantitative estimate of drug-likeness (QED) is 0.538. The van der Waals surface area contributed by atoms with Gasteiger partial charge >= 0.3 is 0 Å². The van der Waals surface area contributed by atoms with Crippen molar-refractivity contribution in [2.24, 2.45) is 11.8 Å². The van der Waals surface area contributed by atoms with E-state index in [0.717, 1.165) is 30.6 Å². The monoisotopic (exact) mass is 303 g/mol. The molecule has 0 amide bonds. The van der Waals surface area contributed by atoms with Crippen molar-refractivity contribution in [2.45, 2.75) is 78.1 Å². The van der Waals surface area contributed by atoms with E-state index < -0.39 is 0 Å². The molecule has 0 atom stereocenters. The van der Waals surface area contributed by atoms with Crippen LogP contribution in [0.3, 0.4) is 0 Å². The van der Waals surface area contributed by atoms with Crippen LogP contribution in [0, 0.1) is 11.8 Å². The summed E-state index contributed by atoms with van der Waals surface area (Å²) in [6, 6.07) is 4.23. The molecule has 124 valence electrons. The molecule has 2 nitrogen and oxygen atoms in total. The Morgan fingerprint density at radius 1 is 1.00 bits per heavy atom. The molecule has 0 aromatic carbocycles. The Bertz CT molecular complexity index is 393. The minimum absolute atomic E-state index is 0.747. The summed E-state index contributed by atoms with van der Waals surface area (Å²) < 4.78 is 5.95. The van der Waals surface area contributed by atoms with E-state index in [1.807, 2.05) is 6.20 Å². The van der Waals surface area contributed by atoms with E-state index in [-0.39, 0.29) is 0 Å². The number of nitrogens with zero attached hydrogens (tertiary/aromatic N) is 1. The van der Waals surface area contributed by atoms with Crippen LogP contribution < -0.4 is 4.74 Å². The maximum atomic E-state index is 5.95. The molecule has 0 unspecified atom stereocenters. The number of aryl methyl sites for hydroxylation is 1. The zero-order valence-electron chi connectivity index (χ0n) is 14.5. The normalized spacial score (nSPS) is 21.7. The molecule has 0 bridgehead atoms. The second-order valence-electron chi connectivity index (χ2n) is 6.90. The number of hydrogen-bond donors (Lipinski definition) is 0. The van der Waals surface area contributed by atoms with Gasteiger partial charge in [0.1, 0.15) is 5.75 Å². The van der Waals surface area contributed by atoms with Crippen LogP contribution in [-0.2, 0) is 6.42 Å². The van der Waals surface area contributed by atoms with Crippen molar-refractivity contribution in [3.8, 4) is 5.75 Å². The fourth-order valence-electron chi connectivity index (χ4n) is 3.40. The van der Waals surface area contributed by atoms with Gasteiger partial charge in [0.05, 0.1) is 12.8 Å². The fraction of sp³-hybridized carbons (Fsp3) is 0.750. The van der Waals surface area contributed by atoms with Gasteiger partial charge in [-0.25, -0.2) is 0 Å². The van der Waals surface area contributed by atoms with Gasteiger partial charge in [-0.1, -0.05) is 52.4 Å². The minimum atomic E-state index is 0.747. The average Bonchev–Trinajstić information content (AvgIpc) is 2.58. The Balaban J connectivity index is 1.66. The van der Waals surface area contributed by atoms with Crippen molar-refractivity contribution in [3.05, 3.63) is 24.0 Å². The molecular formula is C20H33NO. The van der Waals surface area contributed by atoms with Crippen LogP contribution in [0.5, 0.6) is 5.75 Å². The summed E-state index contributed by atoms with van der Waals surface area (Å²) in [6.45, 7) is 5.43. The molecular weight excluding hydrogens is 270 g/mol. The molecule has 0 N–H and O–H groups in total. The largest absolute Gasteiger partial charge is 0.492 e. The third kappa shape index (κ3) is 5.98. The van der Waals surface area contributed by atoms with Crippen LogP contribution in [0.2, 0.25) is 0 Å². The Hall–Kier alpha value is -1.05. The van der Waals surface area contributed by atoms with Gasteiger partial charge in [0.25, 0.3) is 0 Å². The maximum absolute atomic E-state index is 5.95. The Morgan fingerprint density at radius 3 is 2.41 bits per heavy atom. The first-order valence-corrected chi connectivity index (χ1v) is 9.39. The van der Waals surface area contributed by atoms with Crippen molar-refractivity contribution < 1.29 is 4.74 Å². The molecule has 22 heavy (non-hydrogen) atoms. The molecule has 2 heteroatoms. The van der Waals surface area contributed by atoms with Gasteiger partial charge in [0.15, 0.2) is 0 Å². The number of rotatable bonds is 9. The van der Waals surface area contributed by atoms with Crippen LogP contribution >= 0.6 is 0 Å². The molecule has 1 aromatic heterocycles. The highest BCUT2D eigenvalue weighted by atomic mass is 16.5. The first-order valence-electron chi connectivity index (χ1n) is 9.39. The van der Waals surface area contributed by atoms with Crippen LogP contribution in [0.15, 0.2) is 18.3 Å². The van der Waals surface area contributed by atoms with Crippen molar-refractivity contribution in [1.82, 2.24) is 4.98 Å². The second-order valence-corrected chi connectivity index (χ2v) is 6.90. The third-order valence-corrected chi connectivity index (χ3v) is 5.11. The highest BCUT2D eigenvalue weighted by molar-refractivity contribution is 5.19. The fourth-order valence-corrected chi connectivity index (χ4v) is 3.40. The number of aromatic nitrogens is 1. The van der Waals surface area contributed by atoms with Gasteiger partial charge in [-0.05, 0) is 49.7 Å². The molecule has 1 aliphatic rings. The lowest BCUT2D eigenvalue weighted by Crippen LogP contribution is -2.19. The topological polar surface area (TPSA) is 22.1 Å². The van der Waals surface area contributed by atoms with Gasteiger partial charge < -0.3 is 4.74 Å². The minimum Gasteiger partial charge on any atom is -0.492 e. The second kappa shape index (κ2) is 9.86. The predicted octanol–water partition coefficient (Wildman–Crippen LogP) is 5.80. The summed E-state index contributed by atoms with van der Waals surface area (Å²) >= 11 is 0. The van der Waals surface area contributed by atoms with E-state index in [1.54, 1.807) is 0 Å². The van der Waals surface area contributed by atoms with Gasteiger partial charge in [0.2, 0.25) is 0 Å². The average molecular weight is 303 g/mol. The van der Waals surface area contributed by atoms with Crippen molar-refractivity contribution in [3.63, 3.8) is 0 Å². The van der Waals surface area contributed by atoms with E-state index in [0.29, 0.717) is 0 Å². The van der Waals surface area contributed by atoms with Gasteiger partial charge in [0, 0.05) is 5.69 Å². The van der Waals surface area contributed by atoms with E-state index in [4.69, 9.17) is 4.74 Å². The molecule has 0 saturated heterocycles. The van der Waals surface area contributed by atoms with Gasteiger partial charge in [-0.2, -0.15) is 0 Å². The molecule has 1 aliphatic carbocycles. The SMILES string of the molecule is CCCCCCc1ccc(OCC2CCC(CC)CC2)cn1. The zero-order chi connectivity index (χ0) is 15.6. The summed E-state index contributed by atoms with van der Waals surface area (Å²) in [5, 5.41) is 0. The van der Waals surface area contributed by atoms with Gasteiger partial charge in [-0.3, -0.25) is 4.98 Å². The lowest BCUT2D eigenvalue weighted by atomic mass is 9.81. The first kappa shape index (κ1) is 17.3. The van der Waals surface area contributed by atoms with Crippen molar-refractivity contribution in [2.75, 3.05) is 6.61 Å². The molecule has 1 fully saturated rings. The Kier molecular flexibility index (Phi) is 7.76. The highest BCUT2D eigenvalue weighted by Crippen LogP contribution is 2.30. The van der Waals surface area contributed by atoms with Crippen LogP contribution in [0.4, 0.5) is 0 Å². The molecule has 1 heterocycles. The molecule has 0 aliphatic heterocycles. The number of hydrogen-bond acceptors (Lipinski definition) is 2. The third-order valence-electron chi connectivity index (χ3n) is 5.11. The summed E-state index contributed by atoms with van der Waals surface area (Å²) in [6.07, 6.45) is 15.0. The van der Waals surface area contributed by atoms with E-state index in [1.165, 1.54) is 63.5 Å². The van der Waals surface area contributed by atoms with E-state index in [2.05, 4.69) is 31.0 Å². The van der Waals surface area contributed by atoms with Crippen molar-refractivity contribution in [1.29, 1.82) is 0 Å². The lowest BCUT2D eigenvalue weighted by molar-refractivity contribution is 0.180.